The standard InChI is InChI=1S/C17H19N3S/c1-12-10-14-15(18-11-12)8-5-9-16(14)20-17(21)19-13-6-3-2-4-7-13/h2-4,6-7,10-11,16H,5,8-9H2,1H3,(H2,19,20,21)/t16-/m1/s1. The molecular formula is C17H19N3S. The van der Waals surface area contributed by atoms with E-state index in [9.17, 15) is 0 Å². The zero-order valence-electron chi connectivity index (χ0n) is 12.1. The van der Waals surface area contributed by atoms with Gasteiger partial charge in [0, 0.05) is 17.6 Å². The molecule has 3 nitrogen and oxygen atoms in total. The Labute approximate surface area is 130 Å². The maximum absolute atomic E-state index is 5.44. The van der Waals surface area contributed by atoms with Crippen molar-refractivity contribution in [2.75, 3.05) is 5.32 Å². The predicted octanol–water partition coefficient (Wildman–Crippen LogP) is 3.75. The first kappa shape index (κ1) is 14.0. The summed E-state index contributed by atoms with van der Waals surface area (Å²) in [6.07, 6.45) is 5.25. The molecule has 1 aromatic carbocycles. The molecule has 0 unspecified atom stereocenters. The van der Waals surface area contributed by atoms with Crippen molar-refractivity contribution in [1.82, 2.24) is 10.3 Å². The van der Waals surface area contributed by atoms with Crippen molar-refractivity contribution in [3.63, 3.8) is 0 Å². The molecule has 108 valence electrons. The van der Waals surface area contributed by atoms with E-state index >= 15 is 0 Å². The van der Waals surface area contributed by atoms with E-state index in [1.165, 1.54) is 16.8 Å². The summed E-state index contributed by atoms with van der Waals surface area (Å²) < 4.78 is 0. The maximum Gasteiger partial charge on any atom is 0.171 e. The van der Waals surface area contributed by atoms with E-state index in [-0.39, 0.29) is 6.04 Å². The predicted molar refractivity (Wildman–Crippen MR) is 90.5 cm³/mol. The highest BCUT2D eigenvalue weighted by Gasteiger charge is 2.21. The van der Waals surface area contributed by atoms with Gasteiger partial charge < -0.3 is 10.6 Å². The van der Waals surface area contributed by atoms with Crippen molar-refractivity contribution in [3.05, 3.63) is 59.4 Å². The van der Waals surface area contributed by atoms with Gasteiger partial charge in [-0.05, 0) is 61.7 Å². The SMILES string of the molecule is Cc1cnc2c(c1)[C@H](NC(=S)Nc1ccccc1)CCC2. The lowest BCUT2D eigenvalue weighted by Gasteiger charge is -2.27. The molecule has 0 bridgehead atoms. The lowest BCUT2D eigenvalue weighted by molar-refractivity contribution is 0.520. The van der Waals surface area contributed by atoms with Gasteiger partial charge in [0.2, 0.25) is 0 Å². The summed E-state index contributed by atoms with van der Waals surface area (Å²) in [4.78, 5) is 4.56. The van der Waals surface area contributed by atoms with E-state index in [1.807, 2.05) is 36.5 Å². The second-order valence-electron chi connectivity index (χ2n) is 5.46. The highest BCUT2D eigenvalue weighted by atomic mass is 32.1. The number of benzene rings is 1. The average Bonchev–Trinajstić information content (AvgIpc) is 2.49. The van der Waals surface area contributed by atoms with Gasteiger partial charge in [-0.25, -0.2) is 0 Å². The molecule has 1 atom stereocenters. The molecule has 0 amide bonds. The third-order valence-electron chi connectivity index (χ3n) is 3.76. The van der Waals surface area contributed by atoms with Crippen LogP contribution in [0.15, 0.2) is 42.6 Å². The first-order valence-corrected chi connectivity index (χ1v) is 7.71. The van der Waals surface area contributed by atoms with Crippen molar-refractivity contribution in [2.24, 2.45) is 0 Å². The van der Waals surface area contributed by atoms with Gasteiger partial charge in [-0.2, -0.15) is 0 Å². The van der Waals surface area contributed by atoms with Crippen LogP contribution in [0.2, 0.25) is 0 Å². The van der Waals surface area contributed by atoms with Crippen molar-refractivity contribution in [2.45, 2.75) is 32.2 Å². The monoisotopic (exact) mass is 297 g/mol. The minimum Gasteiger partial charge on any atom is -0.356 e. The highest BCUT2D eigenvalue weighted by molar-refractivity contribution is 7.80. The van der Waals surface area contributed by atoms with Crippen LogP contribution < -0.4 is 10.6 Å². The van der Waals surface area contributed by atoms with Crippen molar-refractivity contribution < 1.29 is 0 Å². The van der Waals surface area contributed by atoms with E-state index in [0.29, 0.717) is 5.11 Å². The van der Waals surface area contributed by atoms with Gasteiger partial charge in [-0.1, -0.05) is 24.3 Å². The second-order valence-corrected chi connectivity index (χ2v) is 5.87. The lowest BCUT2D eigenvalue weighted by atomic mass is 9.90. The fraction of sp³-hybridized carbons (Fsp3) is 0.294. The number of hydrogen-bond donors (Lipinski definition) is 2. The Morgan fingerprint density at radius 3 is 2.90 bits per heavy atom. The van der Waals surface area contributed by atoms with E-state index in [0.717, 1.165) is 24.9 Å². The summed E-state index contributed by atoms with van der Waals surface area (Å²) in [5, 5.41) is 7.33. The molecular weight excluding hydrogens is 278 g/mol. The second kappa shape index (κ2) is 6.22. The van der Waals surface area contributed by atoms with Gasteiger partial charge in [-0.15, -0.1) is 0 Å². The smallest absolute Gasteiger partial charge is 0.171 e. The number of aryl methyl sites for hydroxylation is 2. The fourth-order valence-corrected chi connectivity index (χ4v) is 3.02. The van der Waals surface area contributed by atoms with Crippen LogP contribution in [0.1, 0.15) is 35.7 Å². The summed E-state index contributed by atoms with van der Waals surface area (Å²) in [6.45, 7) is 2.08. The molecule has 4 heteroatoms. The lowest BCUT2D eigenvalue weighted by Crippen LogP contribution is -2.34. The number of nitrogens with one attached hydrogen (secondary N) is 2. The molecule has 0 spiro atoms. The molecule has 1 aliphatic rings. The van der Waals surface area contributed by atoms with E-state index in [1.54, 1.807) is 0 Å². The van der Waals surface area contributed by atoms with Crippen LogP contribution in [-0.2, 0) is 6.42 Å². The Bertz CT molecular complexity index is 640. The van der Waals surface area contributed by atoms with E-state index < -0.39 is 0 Å². The van der Waals surface area contributed by atoms with Crippen LogP contribution in [0.25, 0.3) is 0 Å². The first-order chi connectivity index (χ1) is 10.2. The molecule has 0 saturated heterocycles. The average molecular weight is 297 g/mol. The van der Waals surface area contributed by atoms with Crippen molar-refractivity contribution >= 4 is 23.0 Å². The quantitative estimate of drug-likeness (QED) is 0.828. The number of hydrogen-bond acceptors (Lipinski definition) is 2. The molecule has 2 aromatic rings. The zero-order chi connectivity index (χ0) is 14.7. The Morgan fingerprint density at radius 2 is 2.10 bits per heavy atom. The molecule has 0 aliphatic heterocycles. The Balaban J connectivity index is 1.71. The summed E-state index contributed by atoms with van der Waals surface area (Å²) in [5.74, 6) is 0. The molecule has 0 fully saturated rings. The van der Waals surface area contributed by atoms with Crippen LogP contribution in [0.4, 0.5) is 5.69 Å². The number of anilines is 1. The molecule has 0 radical (unpaired) electrons. The van der Waals surface area contributed by atoms with Gasteiger partial charge in [0.1, 0.15) is 0 Å². The van der Waals surface area contributed by atoms with Crippen LogP contribution in [0.5, 0.6) is 0 Å². The third-order valence-corrected chi connectivity index (χ3v) is 3.98. The fourth-order valence-electron chi connectivity index (χ4n) is 2.76. The molecule has 1 heterocycles. The number of thiocarbonyl (C=S) groups is 1. The molecule has 3 rings (SSSR count). The normalized spacial score (nSPS) is 16.9. The molecule has 0 saturated carbocycles. The van der Waals surface area contributed by atoms with Gasteiger partial charge >= 0.3 is 0 Å². The van der Waals surface area contributed by atoms with Crippen molar-refractivity contribution in [3.8, 4) is 0 Å². The summed E-state index contributed by atoms with van der Waals surface area (Å²) in [6, 6.07) is 12.5. The van der Waals surface area contributed by atoms with Gasteiger partial charge in [0.05, 0.1) is 6.04 Å². The van der Waals surface area contributed by atoms with Gasteiger partial charge in [0.15, 0.2) is 5.11 Å². The Kier molecular flexibility index (Phi) is 4.15. The van der Waals surface area contributed by atoms with Crippen LogP contribution in [0, 0.1) is 6.92 Å². The molecule has 1 aromatic heterocycles. The first-order valence-electron chi connectivity index (χ1n) is 7.30. The van der Waals surface area contributed by atoms with Crippen LogP contribution in [0.3, 0.4) is 0 Å². The van der Waals surface area contributed by atoms with Gasteiger partial charge in [-0.3, -0.25) is 4.98 Å². The van der Waals surface area contributed by atoms with E-state index in [2.05, 4.69) is 28.6 Å². The molecule has 21 heavy (non-hydrogen) atoms. The topological polar surface area (TPSA) is 37.0 Å². The number of pyridine rings is 1. The number of aromatic nitrogens is 1. The molecule has 2 N–H and O–H groups in total. The Hall–Kier alpha value is -1.94. The number of para-hydroxylation sites is 1. The summed E-state index contributed by atoms with van der Waals surface area (Å²) >= 11 is 5.44. The van der Waals surface area contributed by atoms with Crippen molar-refractivity contribution in [1.29, 1.82) is 0 Å². The number of nitrogens with zero attached hydrogens (tertiary/aromatic N) is 1. The number of rotatable bonds is 2. The zero-order valence-corrected chi connectivity index (χ0v) is 12.9. The summed E-state index contributed by atoms with van der Waals surface area (Å²) in [7, 11) is 0. The maximum atomic E-state index is 5.44. The van der Waals surface area contributed by atoms with E-state index in [4.69, 9.17) is 12.2 Å². The van der Waals surface area contributed by atoms with Gasteiger partial charge in [0.25, 0.3) is 0 Å². The van der Waals surface area contributed by atoms with Crippen LogP contribution in [-0.4, -0.2) is 10.1 Å². The molecule has 1 aliphatic carbocycles. The minimum absolute atomic E-state index is 0.255. The third kappa shape index (κ3) is 3.39. The van der Waals surface area contributed by atoms with Crippen LogP contribution >= 0.6 is 12.2 Å². The Morgan fingerprint density at radius 1 is 1.29 bits per heavy atom. The minimum atomic E-state index is 0.255. The largest absolute Gasteiger partial charge is 0.356 e. The number of fused-ring (bicyclic) bond motifs is 1. The summed E-state index contributed by atoms with van der Waals surface area (Å²) in [5.41, 5.74) is 4.70. The highest BCUT2D eigenvalue weighted by Crippen LogP contribution is 2.29.